The first-order chi connectivity index (χ1) is 21.1. The Morgan fingerprint density at radius 3 is 2.32 bits per heavy atom. The number of hydrogen-bond donors (Lipinski definition) is 4. The fourth-order valence-electron chi connectivity index (χ4n) is 5.40. The van der Waals surface area contributed by atoms with E-state index >= 15 is 0 Å². The third-order valence-corrected chi connectivity index (χ3v) is 9.22. The minimum Gasteiger partial charge on any atom is -0.508 e. The molecule has 232 valence electrons. The lowest BCUT2D eigenvalue weighted by Crippen LogP contribution is -2.44. The highest BCUT2D eigenvalue weighted by Crippen LogP contribution is 2.42. The van der Waals surface area contributed by atoms with E-state index < -0.39 is 22.4 Å². The molecule has 4 aromatic carbocycles. The molecule has 5 rings (SSSR count). The van der Waals surface area contributed by atoms with Gasteiger partial charge in [0.25, 0.3) is 10.0 Å². The van der Waals surface area contributed by atoms with Crippen molar-refractivity contribution in [1.82, 2.24) is 4.90 Å². The highest BCUT2D eigenvalue weighted by molar-refractivity contribution is 7.92. The van der Waals surface area contributed by atoms with Crippen molar-refractivity contribution in [2.45, 2.75) is 43.0 Å². The average molecular weight is 619 g/mol. The van der Waals surface area contributed by atoms with Gasteiger partial charge in [-0.25, -0.2) is 8.42 Å². The molecule has 0 unspecified atom stereocenters. The molecule has 1 aliphatic rings. The molecule has 1 saturated heterocycles. The second-order valence-electron chi connectivity index (χ2n) is 11.2. The molecule has 1 heterocycles. The van der Waals surface area contributed by atoms with E-state index in [1.165, 1.54) is 12.1 Å². The van der Waals surface area contributed by atoms with Crippen LogP contribution in [0.1, 0.15) is 47.7 Å². The summed E-state index contributed by atoms with van der Waals surface area (Å²) in [7, 11) is -1.89. The van der Waals surface area contributed by atoms with Crippen LogP contribution >= 0.6 is 0 Å². The van der Waals surface area contributed by atoms with Crippen LogP contribution in [-0.2, 0) is 26.1 Å². The van der Waals surface area contributed by atoms with E-state index in [0.717, 1.165) is 11.1 Å². The molecule has 0 amide bonds. The Morgan fingerprint density at radius 1 is 0.886 bits per heavy atom. The average Bonchev–Trinajstić information content (AvgIpc) is 3.02. The number of anilines is 1. The number of ether oxygens (including phenoxy) is 2. The topological polar surface area (TPSA) is 129 Å². The second kappa shape index (κ2) is 13.9. The van der Waals surface area contributed by atoms with Gasteiger partial charge in [-0.2, -0.15) is 0 Å². The standard InChI is InChI=1S/C34H38N2O7S/c1-23-32(21-36(2)20-31(39)26-8-7-11-29(38)19-26)42-34(43-33(23)25-16-14-24(22-37)15-17-25)27-9-6-10-28(18-27)35-44(40,41)30-12-4-3-5-13-30/h3-19,23,31-35,37-39H,20-22H2,1-2H3/t23-,31+,32+,33+,34+/m0/s1. The van der Waals surface area contributed by atoms with Gasteiger partial charge in [0.05, 0.1) is 29.8 Å². The maximum absolute atomic E-state index is 13.0. The van der Waals surface area contributed by atoms with Gasteiger partial charge in [0.2, 0.25) is 0 Å². The summed E-state index contributed by atoms with van der Waals surface area (Å²) in [5.41, 5.74) is 3.36. The van der Waals surface area contributed by atoms with Crippen LogP contribution in [0.4, 0.5) is 5.69 Å². The van der Waals surface area contributed by atoms with E-state index in [0.29, 0.717) is 29.9 Å². The van der Waals surface area contributed by atoms with Crippen LogP contribution in [-0.4, -0.2) is 54.9 Å². The number of likely N-dealkylation sites (N-methyl/N-ethyl adjacent to an activating group) is 1. The van der Waals surface area contributed by atoms with Gasteiger partial charge < -0.3 is 29.7 Å². The Bertz CT molecular complexity index is 1630. The van der Waals surface area contributed by atoms with Crippen molar-refractivity contribution >= 4 is 15.7 Å². The lowest BCUT2D eigenvalue weighted by molar-refractivity contribution is -0.276. The Labute approximate surface area is 258 Å². The molecule has 0 saturated carbocycles. The van der Waals surface area contributed by atoms with Crippen molar-refractivity contribution in [3.8, 4) is 5.75 Å². The number of aromatic hydroxyl groups is 1. The predicted molar refractivity (Wildman–Crippen MR) is 167 cm³/mol. The molecule has 1 fully saturated rings. The van der Waals surface area contributed by atoms with Crippen LogP contribution < -0.4 is 4.72 Å². The van der Waals surface area contributed by atoms with E-state index in [-0.39, 0.29) is 35.4 Å². The number of sulfonamides is 1. The fraction of sp³-hybridized carbons (Fsp3) is 0.294. The molecule has 5 atom stereocenters. The third-order valence-electron chi connectivity index (χ3n) is 7.82. The number of nitrogens with zero attached hydrogens (tertiary/aromatic N) is 1. The van der Waals surface area contributed by atoms with E-state index in [9.17, 15) is 23.7 Å². The third kappa shape index (κ3) is 7.65. The monoisotopic (exact) mass is 618 g/mol. The molecular formula is C34H38N2O7S. The molecule has 44 heavy (non-hydrogen) atoms. The highest BCUT2D eigenvalue weighted by Gasteiger charge is 2.39. The van der Waals surface area contributed by atoms with Crippen LogP contribution in [0.2, 0.25) is 0 Å². The minimum atomic E-state index is -3.79. The number of rotatable bonds is 11. The normalized spacial score (nSPS) is 21.2. The van der Waals surface area contributed by atoms with Gasteiger partial charge >= 0.3 is 0 Å². The largest absolute Gasteiger partial charge is 0.508 e. The number of benzene rings is 4. The molecular weight excluding hydrogens is 580 g/mol. The van der Waals surface area contributed by atoms with Gasteiger partial charge in [-0.1, -0.05) is 73.7 Å². The molecule has 0 aliphatic carbocycles. The van der Waals surface area contributed by atoms with Gasteiger partial charge in [0.1, 0.15) is 5.75 Å². The maximum Gasteiger partial charge on any atom is 0.261 e. The Balaban J connectivity index is 1.38. The van der Waals surface area contributed by atoms with E-state index in [1.54, 1.807) is 60.7 Å². The van der Waals surface area contributed by atoms with Crippen LogP contribution in [0.5, 0.6) is 5.75 Å². The number of hydrogen-bond acceptors (Lipinski definition) is 8. The number of aliphatic hydroxyl groups excluding tert-OH is 2. The Hall–Kier alpha value is -3.77. The van der Waals surface area contributed by atoms with Crippen LogP contribution in [0.15, 0.2) is 108 Å². The first-order valence-corrected chi connectivity index (χ1v) is 16.0. The molecule has 9 nitrogen and oxygen atoms in total. The molecule has 0 radical (unpaired) electrons. The zero-order valence-electron chi connectivity index (χ0n) is 24.7. The lowest BCUT2D eigenvalue weighted by atomic mass is 9.90. The van der Waals surface area contributed by atoms with Crippen molar-refractivity contribution in [2.75, 3.05) is 24.9 Å². The van der Waals surface area contributed by atoms with Crippen molar-refractivity contribution in [3.63, 3.8) is 0 Å². The van der Waals surface area contributed by atoms with E-state index in [4.69, 9.17) is 9.47 Å². The summed E-state index contributed by atoms with van der Waals surface area (Å²) in [4.78, 5) is 2.14. The first kappa shape index (κ1) is 31.6. The number of nitrogens with one attached hydrogen (secondary N) is 1. The van der Waals surface area contributed by atoms with Crippen molar-refractivity contribution in [2.24, 2.45) is 5.92 Å². The summed E-state index contributed by atoms with van der Waals surface area (Å²) in [6, 6.07) is 29.3. The molecule has 0 bridgehead atoms. The Kier molecular flexibility index (Phi) is 10.00. The summed E-state index contributed by atoms with van der Waals surface area (Å²) in [6.07, 6.45) is -2.29. The summed E-state index contributed by atoms with van der Waals surface area (Å²) < 4.78 is 41.6. The maximum atomic E-state index is 13.0. The number of phenolic OH excluding ortho intramolecular Hbond substituents is 1. The minimum absolute atomic E-state index is 0.0618. The van der Waals surface area contributed by atoms with Gasteiger partial charge in [0, 0.05) is 30.3 Å². The number of aliphatic hydroxyl groups is 2. The summed E-state index contributed by atoms with van der Waals surface area (Å²) in [5.74, 6) is 0.00290. The van der Waals surface area contributed by atoms with Crippen molar-refractivity contribution in [3.05, 3.63) is 125 Å². The molecule has 1 aliphatic heterocycles. The highest BCUT2D eigenvalue weighted by atomic mass is 32.2. The van der Waals surface area contributed by atoms with Gasteiger partial charge in [-0.15, -0.1) is 0 Å². The first-order valence-electron chi connectivity index (χ1n) is 14.5. The second-order valence-corrected chi connectivity index (χ2v) is 12.9. The molecule has 10 heteroatoms. The summed E-state index contributed by atoms with van der Waals surface area (Å²) >= 11 is 0. The SMILES string of the molecule is C[C@H]1[C@@H](CN(C)C[C@@H](O)c2cccc(O)c2)O[C@@H](c2cccc(NS(=O)(=O)c3ccccc3)c2)O[C@H]1c1ccc(CO)cc1. The van der Waals surface area contributed by atoms with Crippen molar-refractivity contribution in [1.29, 1.82) is 0 Å². The van der Waals surface area contributed by atoms with E-state index in [2.05, 4.69) is 11.6 Å². The van der Waals surface area contributed by atoms with Crippen LogP contribution in [0, 0.1) is 5.92 Å². The van der Waals surface area contributed by atoms with Crippen molar-refractivity contribution < 1.29 is 33.2 Å². The van der Waals surface area contributed by atoms with Crippen LogP contribution in [0.25, 0.3) is 0 Å². The zero-order chi connectivity index (χ0) is 31.3. The predicted octanol–water partition coefficient (Wildman–Crippen LogP) is 5.14. The molecule has 4 aromatic rings. The zero-order valence-corrected chi connectivity index (χ0v) is 25.5. The molecule has 0 spiro atoms. The molecule has 4 N–H and O–H groups in total. The Morgan fingerprint density at radius 2 is 1.61 bits per heavy atom. The fourth-order valence-corrected chi connectivity index (χ4v) is 6.48. The van der Waals surface area contributed by atoms with Gasteiger partial charge in [0.15, 0.2) is 6.29 Å². The molecule has 0 aromatic heterocycles. The van der Waals surface area contributed by atoms with Crippen LogP contribution in [0.3, 0.4) is 0 Å². The smallest absolute Gasteiger partial charge is 0.261 e. The quantitative estimate of drug-likeness (QED) is 0.182. The summed E-state index contributed by atoms with van der Waals surface area (Å²) in [6.45, 7) is 2.78. The van der Waals surface area contributed by atoms with Gasteiger partial charge in [-0.3, -0.25) is 4.72 Å². The van der Waals surface area contributed by atoms with E-state index in [1.807, 2.05) is 42.3 Å². The van der Waals surface area contributed by atoms with Gasteiger partial charge in [-0.05, 0) is 60.1 Å². The lowest BCUT2D eigenvalue weighted by Gasteiger charge is -2.42. The summed E-state index contributed by atoms with van der Waals surface area (Å²) in [5, 5.41) is 30.2. The number of phenols is 1.